The zero-order valence-corrected chi connectivity index (χ0v) is 12.8. The van der Waals surface area contributed by atoms with Gasteiger partial charge in [-0.15, -0.1) is 0 Å². The largest absolute Gasteiger partial charge is 0.379 e. The van der Waals surface area contributed by atoms with Gasteiger partial charge in [0, 0.05) is 31.9 Å². The van der Waals surface area contributed by atoms with Crippen molar-refractivity contribution >= 4 is 5.69 Å². The first-order chi connectivity index (χ1) is 10.9. The zero-order valence-electron chi connectivity index (χ0n) is 12.8. The number of ether oxygens (including phenoxy) is 1. The second-order valence-electron chi connectivity index (χ2n) is 5.55. The molecule has 0 radical (unpaired) electrons. The average Bonchev–Trinajstić information content (AvgIpc) is 2.58. The van der Waals surface area contributed by atoms with Gasteiger partial charge in [0.15, 0.2) is 0 Å². The van der Waals surface area contributed by atoms with Gasteiger partial charge in [0.2, 0.25) is 0 Å². The lowest BCUT2D eigenvalue weighted by Gasteiger charge is -2.26. The molecule has 3 rings (SSSR count). The number of anilines is 1. The molecule has 116 valence electrons. The predicted octanol–water partition coefficient (Wildman–Crippen LogP) is 2.64. The Balaban J connectivity index is 1.44. The molecule has 1 aliphatic heterocycles. The van der Waals surface area contributed by atoms with Crippen LogP contribution in [-0.4, -0.2) is 31.2 Å². The van der Waals surface area contributed by atoms with Crippen LogP contribution in [0.25, 0.3) is 0 Å². The molecule has 2 aromatic rings. The molecule has 0 aromatic heterocycles. The van der Waals surface area contributed by atoms with Crippen molar-refractivity contribution in [3.63, 3.8) is 0 Å². The Morgan fingerprint density at radius 2 is 1.55 bits per heavy atom. The summed E-state index contributed by atoms with van der Waals surface area (Å²) in [5, 5.41) is 0. The number of benzene rings is 2. The van der Waals surface area contributed by atoms with E-state index in [2.05, 4.69) is 40.0 Å². The summed E-state index contributed by atoms with van der Waals surface area (Å²) < 4.78 is 5.38. The maximum atomic E-state index is 5.38. The third kappa shape index (κ3) is 4.56. The Bertz CT molecular complexity index is 550. The van der Waals surface area contributed by atoms with Crippen LogP contribution in [0.4, 0.5) is 5.69 Å². The second kappa shape index (κ2) is 7.94. The predicted molar refractivity (Wildman–Crippen MR) is 89.4 cm³/mol. The van der Waals surface area contributed by atoms with E-state index in [1.165, 1.54) is 11.1 Å². The molecule has 0 unspecified atom stereocenters. The molecule has 4 nitrogen and oxygen atoms in total. The van der Waals surface area contributed by atoms with Crippen LogP contribution in [0.2, 0.25) is 0 Å². The van der Waals surface area contributed by atoms with E-state index >= 15 is 0 Å². The molecular weight excluding hydrogens is 274 g/mol. The number of morpholine rings is 1. The Morgan fingerprint density at radius 3 is 2.27 bits per heavy atom. The van der Waals surface area contributed by atoms with Gasteiger partial charge in [-0.2, -0.15) is 0 Å². The van der Waals surface area contributed by atoms with Crippen LogP contribution in [-0.2, 0) is 17.8 Å². The highest BCUT2D eigenvalue weighted by atomic mass is 16.5. The highest BCUT2D eigenvalue weighted by Gasteiger charge is 2.10. The molecule has 22 heavy (non-hydrogen) atoms. The summed E-state index contributed by atoms with van der Waals surface area (Å²) in [7, 11) is 0. The monoisotopic (exact) mass is 297 g/mol. The number of para-hydroxylation sites is 1. The normalized spacial score (nSPS) is 15.6. The molecule has 0 saturated carbocycles. The Morgan fingerprint density at radius 1 is 0.864 bits per heavy atom. The van der Waals surface area contributed by atoms with Crippen LogP contribution < -0.4 is 10.9 Å². The van der Waals surface area contributed by atoms with E-state index < -0.39 is 0 Å². The minimum Gasteiger partial charge on any atom is -0.379 e. The Kier molecular flexibility index (Phi) is 5.42. The van der Waals surface area contributed by atoms with Crippen molar-refractivity contribution in [1.29, 1.82) is 0 Å². The van der Waals surface area contributed by atoms with Crippen molar-refractivity contribution in [2.45, 2.75) is 13.1 Å². The van der Waals surface area contributed by atoms with Crippen LogP contribution in [0.15, 0.2) is 54.6 Å². The van der Waals surface area contributed by atoms with E-state index in [-0.39, 0.29) is 0 Å². The van der Waals surface area contributed by atoms with E-state index in [0.29, 0.717) is 0 Å². The summed E-state index contributed by atoms with van der Waals surface area (Å²) in [4.78, 5) is 2.44. The molecule has 1 saturated heterocycles. The molecule has 1 aliphatic rings. The van der Waals surface area contributed by atoms with E-state index in [1.807, 2.05) is 30.3 Å². The lowest BCUT2D eigenvalue weighted by molar-refractivity contribution is 0.0342. The molecule has 1 fully saturated rings. The lowest BCUT2D eigenvalue weighted by atomic mass is 10.1. The molecule has 0 bridgehead atoms. The number of nitrogens with one attached hydrogen (secondary N) is 2. The number of hydrogen-bond acceptors (Lipinski definition) is 4. The van der Waals surface area contributed by atoms with E-state index in [1.54, 1.807) is 0 Å². The zero-order chi connectivity index (χ0) is 15.0. The molecule has 0 atom stereocenters. The van der Waals surface area contributed by atoms with Crippen LogP contribution in [0.5, 0.6) is 0 Å². The Labute approximate surface area is 132 Å². The van der Waals surface area contributed by atoms with Gasteiger partial charge in [-0.05, 0) is 23.3 Å². The SMILES string of the molecule is c1ccc(NNCc2ccc(CN3CCOCC3)cc2)cc1. The maximum Gasteiger partial charge on any atom is 0.0594 e. The molecule has 2 N–H and O–H groups in total. The van der Waals surface area contributed by atoms with Crippen LogP contribution in [0.1, 0.15) is 11.1 Å². The molecule has 0 amide bonds. The van der Waals surface area contributed by atoms with E-state index in [9.17, 15) is 0 Å². The minimum atomic E-state index is 0.798. The average molecular weight is 297 g/mol. The molecule has 0 aliphatic carbocycles. The smallest absolute Gasteiger partial charge is 0.0594 e. The van der Waals surface area contributed by atoms with Crippen molar-refractivity contribution in [1.82, 2.24) is 10.3 Å². The Hall–Kier alpha value is -1.88. The van der Waals surface area contributed by atoms with Gasteiger partial charge in [0.1, 0.15) is 0 Å². The van der Waals surface area contributed by atoms with Gasteiger partial charge in [-0.25, -0.2) is 5.43 Å². The third-order valence-electron chi connectivity index (χ3n) is 3.83. The third-order valence-corrected chi connectivity index (χ3v) is 3.83. The van der Waals surface area contributed by atoms with Gasteiger partial charge >= 0.3 is 0 Å². The van der Waals surface area contributed by atoms with Crippen LogP contribution >= 0.6 is 0 Å². The highest BCUT2D eigenvalue weighted by molar-refractivity contribution is 5.41. The van der Waals surface area contributed by atoms with Crippen molar-refractivity contribution in [2.24, 2.45) is 0 Å². The molecule has 2 aromatic carbocycles. The summed E-state index contributed by atoms with van der Waals surface area (Å²) in [6.07, 6.45) is 0. The first kappa shape index (κ1) is 15.0. The summed E-state index contributed by atoms with van der Waals surface area (Å²) in [6, 6.07) is 18.9. The number of hydrogen-bond donors (Lipinski definition) is 2. The number of rotatable bonds is 6. The first-order valence-electron chi connectivity index (χ1n) is 7.82. The van der Waals surface area contributed by atoms with Gasteiger partial charge < -0.3 is 10.2 Å². The van der Waals surface area contributed by atoms with Gasteiger partial charge in [-0.1, -0.05) is 42.5 Å². The minimum absolute atomic E-state index is 0.798. The van der Waals surface area contributed by atoms with E-state index in [4.69, 9.17) is 4.74 Å². The number of nitrogens with zero attached hydrogens (tertiary/aromatic N) is 1. The molecule has 1 heterocycles. The van der Waals surface area contributed by atoms with E-state index in [0.717, 1.165) is 45.1 Å². The summed E-state index contributed by atoms with van der Waals surface area (Å²) in [5.41, 5.74) is 10.2. The fourth-order valence-electron chi connectivity index (χ4n) is 2.55. The quantitative estimate of drug-likeness (QED) is 0.804. The summed E-state index contributed by atoms with van der Waals surface area (Å²) in [5.74, 6) is 0. The maximum absolute atomic E-state index is 5.38. The van der Waals surface area contributed by atoms with Crippen LogP contribution in [0, 0.1) is 0 Å². The summed E-state index contributed by atoms with van der Waals surface area (Å²) >= 11 is 0. The summed E-state index contributed by atoms with van der Waals surface area (Å²) in [6.45, 7) is 5.58. The molecular formula is C18H23N3O. The van der Waals surface area contributed by atoms with Crippen molar-refractivity contribution in [2.75, 3.05) is 31.7 Å². The van der Waals surface area contributed by atoms with Crippen molar-refractivity contribution in [3.8, 4) is 0 Å². The second-order valence-corrected chi connectivity index (χ2v) is 5.55. The van der Waals surface area contributed by atoms with Crippen molar-refractivity contribution < 1.29 is 4.74 Å². The topological polar surface area (TPSA) is 36.5 Å². The van der Waals surface area contributed by atoms with Gasteiger partial charge in [0.05, 0.1) is 13.2 Å². The standard InChI is InChI=1S/C18H23N3O/c1-2-4-18(5-3-1)20-19-14-16-6-8-17(9-7-16)15-21-10-12-22-13-11-21/h1-9,19-20H,10-15H2. The van der Waals surface area contributed by atoms with Gasteiger partial charge in [-0.3, -0.25) is 4.90 Å². The first-order valence-corrected chi connectivity index (χ1v) is 7.82. The fraction of sp³-hybridized carbons (Fsp3) is 0.333. The molecule has 4 heteroatoms. The van der Waals surface area contributed by atoms with Crippen LogP contribution in [0.3, 0.4) is 0 Å². The van der Waals surface area contributed by atoms with Gasteiger partial charge in [0.25, 0.3) is 0 Å². The molecule has 0 spiro atoms. The lowest BCUT2D eigenvalue weighted by Crippen LogP contribution is -2.35. The van der Waals surface area contributed by atoms with Crippen molar-refractivity contribution in [3.05, 3.63) is 65.7 Å². The highest BCUT2D eigenvalue weighted by Crippen LogP contribution is 2.09. The number of hydrazine groups is 1. The fourth-order valence-corrected chi connectivity index (χ4v) is 2.55.